The summed E-state index contributed by atoms with van der Waals surface area (Å²) >= 11 is 0. The summed E-state index contributed by atoms with van der Waals surface area (Å²) in [5.41, 5.74) is 0.904. The largest absolute Gasteiger partial charge is 0.493 e. The maximum Gasteiger partial charge on any atom is 0.234 e. The molecule has 1 aromatic rings. The van der Waals surface area contributed by atoms with Gasteiger partial charge in [0.05, 0.1) is 20.1 Å². The first kappa shape index (κ1) is 17.0. The molecule has 1 N–H and O–H groups in total. The highest BCUT2D eigenvalue weighted by Crippen LogP contribution is 2.28. The number of carbonyl (C=O) groups is 2. The van der Waals surface area contributed by atoms with Crippen molar-refractivity contribution < 1.29 is 19.1 Å². The molecule has 0 aliphatic carbocycles. The first-order valence-electron chi connectivity index (χ1n) is 8.01. The molecular weight excluding hydrogens is 322 g/mol. The second kappa shape index (κ2) is 6.58. The molecule has 2 aliphatic heterocycles. The Morgan fingerprint density at radius 3 is 2.56 bits per heavy atom. The number of aliphatic imine (C=N–C) groups is 1. The van der Waals surface area contributed by atoms with Crippen LogP contribution in [-0.2, 0) is 9.59 Å². The van der Waals surface area contributed by atoms with E-state index >= 15 is 0 Å². The standard InChI is InChI=1S/C18H21N3O4/c1-10-16(22)15-17(21(2)18(10)23)20-14(19-15)8-6-11-5-7-12(24-3)13(9-11)25-4/h5-10,15,17H,1-4H3,(H,19,20)/b8-6+. The van der Waals surface area contributed by atoms with Gasteiger partial charge in [-0.15, -0.1) is 0 Å². The molecule has 0 bridgehead atoms. The average Bonchev–Trinajstić information content (AvgIpc) is 3.07. The third-order valence-corrected chi connectivity index (χ3v) is 4.56. The molecule has 25 heavy (non-hydrogen) atoms. The quantitative estimate of drug-likeness (QED) is 0.828. The second-order valence-corrected chi connectivity index (χ2v) is 6.07. The molecule has 0 aromatic heterocycles. The number of likely N-dealkylation sites (tertiary alicyclic amines) is 1. The lowest BCUT2D eigenvalue weighted by Crippen LogP contribution is -2.59. The van der Waals surface area contributed by atoms with Crippen molar-refractivity contribution in [3.8, 4) is 11.5 Å². The molecule has 3 unspecified atom stereocenters. The molecule has 0 saturated carbocycles. The molecule has 3 atom stereocenters. The Labute approximate surface area is 146 Å². The van der Waals surface area contributed by atoms with E-state index in [2.05, 4.69) is 10.3 Å². The van der Waals surface area contributed by atoms with Gasteiger partial charge in [0, 0.05) is 7.05 Å². The van der Waals surface area contributed by atoms with Crippen LogP contribution in [0.25, 0.3) is 6.08 Å². The van der Waals surface area contributed by atoms with Crippen LogP contribution in [0.5, 0.6) is 11.5 Å². The van der Waals surface area contributed by atoms with Gasteiger partial charge in [-0.1, -0.05) is 12.1 Å². The Morgan fingerprint density at radius 1 is 1.16 bits per heavy atom. The maximum atomic E-state index is 12.3. The van der Waals surface area contributed by atoms with Crippen LogP contribution < -0.4 is 14.8 Å². The number of likely N-dealkylation sites (N-methyl/N-ethyl adjacent to an activating group) is 1. The highest BCUT2D eigenvalue weighted by atomic mass is 16.5. The third-order valence-electron chi connectivity index (χ3n) is 4.56. The molecule has 0 spiro atoms. The van der Waals surface area contributed by atoms with Crippen molar-refractivity contribution in [1.29, 1.82) is 0 Å². The normalized spacial score (nSPS) is 25.7. The number of piperidine rings is 1. The van der Waals surface area contributed by atoms with Gasteiger partial charge in [-0.2, -0.15) is 0 Å². The topological polar surface area (TPSA) is 80.2 Å². The molecule has 1 aromatic carbocycles. The van der Waals surface area contributed by atoms with Crippen LogP contribution in [0.1, 0.15) is 12.5 Å². The summed E-state index contributed by atoms with van der Waals surface area (Å²) in [6, 6.07) is 5.08. The Hall–Kier alpha value is -2.83. The van der Waals surface area contributed by atoms with E-state index in [1.807, 2.05) is 24.3 Å². The fourth-order valence-electron chi connectivity index (χ4n) is 3.07. The monoisotopic (exact) mass is 343 g/mol. The summed E-state index contributed by atoms with van der Waals surface area (Å²) in [5, 5.41) is 3.11. The molecule has 2 heterocycles. The summed E-state index contributed by atoms with van der Waals surface area (Å²) in [6.45, 7) is 1.64. The van der Waals surface area contributed by atoms with Crippen LogP contribution in [0.3, 0.4) is 0 Å². The van der Waals surface area contributed by atoms with Crippen LogP contribution in [-0.4, -0.2) is 55.9 Å². The van der Waals surface area contributed by atoms with Gasteiger partial charge in [-0.25, -0.2) is 4.99 Å². The minimum Gasteiger partial charge on any atom is -0.493 e. The van der Waals surface area contributed by atoms with E-state index in [1.54, 1.807) is 34.3 Å². The van der Waals surface area contributed by atoms with Crippen molar-refractivity contribution in [1.82, 2.24) is 10.2 Å². The van der Waals surface area contributed by atoms with Crippen molar-refractivity contribution in [3.63, 3.8) is 0 Å². The minimum atomic E-state index is -0.636. The fraction of sp³-hybridized carbons (Fsp3) is 0.389. The van der Waals surface area contributed by atoms with Crippen LogP contribution in [0.15, 0.2) is 29.3 Å². The van der Waals surface area contributed by atoms with E-state index in [0.29, 0.717) is 17.3 Å². The number of benzene rings is 1. The fourth-order valence-corrected chi connectivity index (χ4v) is 3.07. The van der Waals surface area contributed by atoms with Crippen molar-refractivity contribution in [2.24, 2.45) is 10.9 Å². The van der Waals surface area contributed by atoms with Gasteiger partial charge >= 0.3 is 0 Å². The molecule has 7 heteroatoms. The van der Waals surface area contributed by atoms with E-state index in [0.717, 1.165) is 5.56 Å². The predicted octanol–water partition coefficient (Wildman–Crippen LogP) is 1.09. The highest BCUT2D eigenvalue weighted by molar-refractivity contribution is 6.10. The first-order chi connectivity index (χ1) is 12.0. The molecule has 7 nitrogen and oxygen atoms in total. The van der Waals surface area contributed by atoms with Gasteiger partial charge in [-0.3, -0.25) is 9.59 Å². The van der Waals surface area contributed by atoms with Crippen molar-refractivity contribution in [3.05, 3.63) is 29.8 Å². The number of fused-ring (bicyclic) bond motifs is 1. The zero-order chi connectivity index (χ0) is 18.1. The lowest BCUT2D eigenvalue weighted by molar-refractivity contribution is -0.147. The predicted molar refractivity (Wildman–Crippen MR) is 93.7 cm³/mol. The number of nitrogens with one attached hydrogen (secondary N) is 1. The Balaban J connectivity index is 1.79. The van der Waals surface area contributed by atoms with Gasteiger partial charge in [0.25, 0.3) is 0 Å². The number of amides is 1. The van der Waals surface area contributed by atoms with Gasteiger partial charge < -0.3 is 19.7 Å². The number of hydrogen-bond acceptors (Lipinski definition) is 6. The zero-order valence-corrected chi connectivity index (χ0v) is 14.6. The van der Waals surface area contributed by atoms with Crippen LogP contribution in [0.4, 0.5) is 0 Å². The number of carbonyl (C=O) groups excluding carboxylic acids is 2. The molecule has 1 fully saturated rings. The molecule has 1 saturated heterocycles. The van der Waals surface area contributed by atoms with E-state index in [4.69, 9.17) is 9.47 Å². The third kappa shape index (κ3) is 2.97. The highest BCUT2D eigenvalue weighted by Gasteiger charge is 2.47. The van der Waals surface area contributed by atoms with Crippen LogP contribution in [0, 0.1) is 5.92 Å². The Kier molecular flexibility index (Phi) is 4.48. The minimum absolute atomic E-state index is 0.119. The number of amidine groups is 1. The lowest BCUT2D eigenvalue weighted by Gasteiger charge is -2.34. The van der Waals surface area contributed by atoms with Gasteiger partial charge in [0.1, 0.15) is 11.9 Å². The van der Waals surface area contributed by atoms with E-state index in [-0.39, 0.29) is 11.7 Å². The smallest absolute Gasteiger partial charge is 0.234 e. The number of hydrogen-bond donors (Lipinski definition) is 1. The molecule has 2 aliphatic rings. The lowest BCUT2D eigenvalue weighted by atomic mass is 9.92. The summed E-state index contributed by atoms with van der Waals surface area (Å²) in [6.07, 6.45) is 3.16. The SMILES string of the molecule is COc1ccc(/C=C/C2=NC3C(N2)C(=O)C(C)C(=O)N3C)cc1OC. The van der Waals surface area contributed by atoms with E-state index < -0.39 is 18.1 Å². The Bertz CT molecular complexity index is 772. The van der Waals surface area contributed by atoms with Crippen molar-refractivity contribution >= 4 is 23.6 Å². The number of nitrogens with zero attached hydrogens (tertiary/aromatic N) is 2. The number of rotatable bonds is 4. The number of methoxy groups -OCH3 is 2. The van der Waals surface area contributed by atoms with Crippen molar-refractivity contribution in [2.75, 3.05) is 21.3 Å². The average molecular weight is 343 g/mol. The summed E-state index contributed by atoms with van der Waals surface area (Å²) in [7, 11) is 4.84. The maximum absolute atomic E-state index is 12.3. The zero-order valence-electron chi connectivity index (χ0n) is 14.6. The number of Topliss-reactive ketones (excluding diaryl/α,β-unsaturated/α-hetero) is 1. The van der Waals surface area contributed by atoms with Gasteiger partial charge in [-0.05, 0) is 30.7 Å². The molecule has 1 amide bonds. The van der Waals surface area contributed by atoms with Crippen LogP contribution in [0.2, 0.25) is 0 Å². The molecule has 132 valence electrons. The molecular formula is C18H21N3O4. The molecule has 0 radical (unpaired) electrons. The Morgan fingerprint density at radius 2 is 1.88 bits per heavy atom. The summed E-state index contributed by atoms with van der Waals surface area (Å²) < 4.78 is 10.5. The second-order valence-electron chi connectivity index (χ2n) is 6.07. The summed E-state index contributed by atoms with van der Waals surface area (Å²) in [4.78, 5) is 30.4. The van der Waals surface area contributed by atoms with Gasteiger partial charge in [0.15, 0.2) is 23.4 Å². The van der Waals surface area contributed by atoms with E-state index in [1.165, 1.54) is 4.90 Å². The first-order valence-corrected chi connectivity index (χ1v) is 8.01. The summed E-state index contributed by atoms with van der Waals surface area (Å²) in [5.74, 6) is 0.916. The number of ether oxygens (including phenoxy) is 2. The van der Waals surface area contributed by atoms with Gasteiger partial charge in [0.2, 0.25) is 5.91 Å². The van der Waals surface area contributed by atoms with Crippen LogP contribution >= 0.6 is 0 Å². The van der Waals surface area contributed by atoms with E-state index in [9.17, 15) is 9.59 Å². The van der Waals surface area contributed by atoms with Crippen molar-refractivity contribution in [2.45, 2.75) is 19.1 Å². The molecule has 3 rings (SSSR count). The number of ketones is 1.